The Bertz CT molecular complexity index is 490. The third-order valence-electron chi connectivity index (χ3n) is 3.97. The normalized spacial score (nSPS) is 22.5. The van der Waals surface area contributed by atoms with Crippen molar-refractivity contribution >= 4 is 5.82 Å². The van der Waals surface area contributed by atoms with Gasteiger partial charge in [0.15, 0.2) is 5.82 Å². The highest BCUT2D eigenvalue weighted by Crippen LogP contribution is 2.35. The van der Waals surface area contributed by atoms with Gasteiger partial charge in [0.25, 0.3) is 5.56 Å². The summed E-state index contributed by atoms with van der Waals surface area (Å²) >= 11 is 0. The van der Waals surface area contributed by atoms with E-state index in [1.165, 1.54) is 12.8 Å². The van der Waals surface area contributed by atoms with Gasteiger partial charge in [0.05, 0.1) is 0 Å². The maximum Gasteiger partial charge on any atom is 0.293 e. The predicted molar refractivity (Wildman–Crippen MR) is 78.5 cm³/mol. The van der Waals surface area contributed by atoms with Crippen molar-refractivity contribution in [3.63, 3.8) is 0 Å². The van der Waals surface area contributed by atoms with Crippen molar-refractivity contribution < 1.29 is 0 Å². The van der Waals surface area contributed by atoms with Crippen molar-refractivity contribution in [2.45, 2.75) is 65.5 Å². The second-order valence-electron chi connectivity index (χ2n) is 6.68. The molecule has 1 fully saturated rings. The third kappa shape index (κ3) is 3.37. The quantitative estimate of drug-likeness (QED) is 0.911. The SMILES string of the molecule is CC(C)n1ccnc(NC2CCCC(C)(C)C2)c1=O. The highest BCUT2D eigenvalue weighted by Gasteiger charge is 2.28. The molecule has 1 atom stereocenters. The summed E-state index contributed by atoms with van der Waals surface area (Å²) in [5.74, 6) is 0.499. The Balaban J connectivity index is 2.15. The number of nitrogens with one attached hydrogen (secondary N) is 1. The molecule has 1 aromatic heterocycles. The van der Waals surface area contributed by atoms with Crippen LogP contribution in [-0.2, 0) is 0 Å². The van der Waals surface area contributed by atoms with E-state index in [-0.39, 0.29) is 11.6 Å². The summed E-state index contributed by atoms with van der Waals surface area (Å²) in [6.07, 6.45) is 8.17. The van der Waals surface area contributed by atoms with E-state index >= 15 is 0 Å². The van der Waals surface area contributed by atoms with Crippen LogP contribution in [0.15, 0.2) is 17.2 Å². The fourth-order valence-electron chi connectivity index (χ4n) is 2.95. The Labute approximate surface area is 115 Å². The molecule has 0 saturated heterocycles. The van der Waals surface area contributed by atoms with Crippen molar-refractivity contribution in [2.24, 2.45) is 5.41 Å². The largest absolute Gasteiger partial charge is 0.363 e. The van der Waals surface area contributed by atoms with E-state index in [1.807, 2.05) is 13.8 Å². The van der Waals surface area contributed by atoms with Gasteiger partial charge in [0, 0.05) is 24.5 Å². The standard InChI is InChI=1S/C15H25N3O/c1-11(2)18-9-8-16-13(14(18)19)17-12-6-5-7-15(3,4)10-12/h8-9,11-12H,5-7,10H2,1-4H3,(H,16,17). The van der Waals surface area contributed by atoms with Gasteiger partial charge in [-0.2, -0.15) is 0 Å². The molecular weight excluding hydrogens is 238 g/mol. The molecule has 0 amide bonds. The summed E-state index contributed by atoms with van der Waals surface area (Å²) in [5, 5.41) is 3.36. The zero-order chi connectivity index (χ0) is 14.0. The van der Waals surface area contributed by atoms with Crippen LogP contribution in [0, 0.1) is 5.41 Å². The van der Waals surface area contributed by atoms with Gasteiger partial charge in [-0.1, -0.05) is 20.3 Å². The average Bonchev–Trinajstić information content (AvgIpc) is 2.30. The first-order valence-electron chi connectivity index (χ1n) is 7.23. The molecule has 1 unspecified atom stereocenters. The second kappa shape index (κ2) is 5.35. The second-order valence-corrected chi connectivity index (χ2v) is 6.68. The molecule has 4 heteroatoms. The van der Waals surface area contributed by atoms with Gasteiger partial charge in [-0.3, -0.25) is 4.79 Å². The molecule has 2 rings (SSSR count). The molecule has 1 aliphatic carbocycles. The first-order valence-corrected chi connectivity index (χ1v) is 7.23. The fraction of sp³-hybridized carbons (Fsp3) is 0.733. The monoisotopic (exact) mass is 263 g/mol. The molecule has 0 radical (unpaired) electrons. The van der Waals surface area contributed by atoms with Crippen LogP contribution >= 0.6 is 0 Å². The molecule has 4 nitrogen and oxygen atoms in total. The Hall–Kier alpha value is -1.32. The lowest BCUT2D eigenvalue weighted by Crippen LogP contribution is -2.35. The van der Waals surface area contributed by atoms with Gasteiger partial charge in [0.1, 0.15) is 0 Å². The Morgan fingerprint density at radius 2 is 2.21 bits per heavy atom. The predicted octanol–water partition coefficient (Wildman–Crippen LogP) is 3.20. The number of hydrogen-bond acceptors (Lipinski definition) is 3. The Morgan fingerprint density at radius 1 is 1.47 bits per heavy atom. The molecular formula is C15H25N3O. The van der Waals surface area contributed by atoms with Crippen LogP contribution in [0.25, 0.3) is 0 Å². The van der Waals surface area contributed by atoms with E-state index in [0.717, 1.165) is 12.8 Å². The van der Waals surface area contributed by atoms with Gasteiger partial charge in [0.2, 0.25) is 0 Å². The fourth-order valence-corrected chi connectivity index (χ4v) is 2.95. The van der Waals surface area contributed by atoms with Gasteiger partial charge in [-0.15, -0.1) is 0 Å². The van der Waals surface area contributed by atoms with Crippen molar-refractivity contribution in [1.29, 1.82) is 0 Å². The van der Waals surface area contributed by atoms with Crippen molar-refractivity contribution in [3.05, 3.63) is 22.7 Å². The third-order valence-corrected chi connectivity index (χ3v) is 3.97. The number of anilines is 1. The van der Waals surface area contributed by atoms with E-state index in [1.54, 1.807) is 17.0 Å². The Kier molecular flexibility index (Phi) is 3.97. The van der Waals surface area contributed by atoms with E-state index in [9.17, 15) is 4.79 Å². The maximum absolute atomic E-state index is 12.3. The average molecular weight is 263 g/mol. The van der Waals surface area contributed by atoms with Crippen molar-refractivity contribution in [2.75, 3.05) is 5.32 Å². The minimum absolute atomic E-state index is 0.0131. The number of hydrogen-bond donors (Lipinski definition) is 1. The summed E-state index contributed by atoms with van der Waals surface area (Å²) in [5.41, 5.74) is 0.350. The van der Waals surface area contributed by atoms with E-state index < -0.39 is 0 Å². The van der Waals surface area contributed by atoms with E-state index in [0.29, 0.717) is 17.3 Å². The zero-order valence-corrected chi connectivity index (χ0v) is 12.4. The summed E-state index contributed by atoms with van der Waals surface area (Å²) in [6, 6.07) is 0.533. The molecule has 0 spiro atoms. The number of rotatable bonds is 3. The van der Waals surface area contributed by atoms with Crippen LogP contribution in [-0.4, -0.2) is 15.6 Å². The van der Waals surface area contributed by atoms with Crippen LogP contribution in [0.2, 0.25) is 0 Å². The van der Waals surface area contributed by atoms with Gasteiger partial charge >= 0.3 is 0 Å². The van der Waals surface area contributed by atoms with Crippen LogP contribution in [0.4, 0.5) is 5.82 Å². The van der Waals surface area contributed by atoms with Crippen LogP contribution in [0.5, 0.6) is 0 Å². The topological polar surface area (TPSA) is 46.9 Å². The zero-order valence-electron chi connectivity index (χ0n) is 12.4. The summed E-state index contributed by atoms with van der Waals surface area (Å²) in [4.78, 5) is 16.5. The summed E-state index contributed by atoms with van der Waals surface area (Å²) < 4.78 is 1.73. The van der Waals surface area contributed by atoms with Crippen LogP contribution in [0.3, 0.4) is 0 Å². The molecule has 0 bridgehead atoms. The first kappa shape index (κ1) is 14.1. The van der Waals surface area contributed by atoms with Gasteiger partial charge in [-0.25, -0.2) is 4.98 Å². The molecule has 0 aliphatic heterocycles. The molecule has 19 heavy (non-hydrogen) atoms. The van der Waals surface area contributed by atoms with Crippen LogP contribution in [0.1, 0.15) is 59.4 Å². The first-order chi connectivity index (χ1) is 8.89. The minimum atomic E-state index is -0.0131. The van der Waals surface area contributed by atoms with E-state index in [4.69, 9.17) is 0 Å². The molecule has 1 heterocycles. The minimum Gasteiger partial charge on any atom is -0.363 e. The Morgan fingerprint density at radius 3 is 2.84 bits per heavy atom. The van der Waals surface area contributed by atoms with Crippen molar-refractivity contribution in [3.8, 4) is 0 Å². The highest BCUT2D eigenvalue weighted by atomic mass is 16.1. The lowest BCUT2D eigenvalue weighted by Gasteiger charge is -2.35. The lowest BCUT2D eigenvalue weighted by molar-refractivity contribution is 0.229. The molecule has 1 aromatic rings. The lowest BCUT2D eigenvalue weighted by atomic mass is 9.75. The van der Waals surface area contributed by atoms with E-state index in [2.05, 4.69) is 24.1 Å². The highest BCUT2D eigenvalue weighted by molar-refractivity contribution is 5.32. The van der Waals surface area contributed by atoms with Crippen LogP contribution < -0.4 is 10.9 Å². The molecule has 0 aromatic carbocycles. The van der Waals surface area contributed by atoms with Crippen molar-refractivity contribution in [1.82, 2.24) is 9.55 Å². The summed E-state index contributed by atoms with van der Waals surface area (Å²) in [7, 11) is 0. The molecule has 1 aliphatic rings. The maximum atomic E-state index is 12.3. The number of aromatic nitrogens is 2. The van der Waals surface area contributed by atoms with Gasteiger partial charge in [-0.05, 0) is 38.5 Å². The molecule has 1 N–H and O–H groups in total. The molecule has 106 valence electrons. The molecule has 1 saturated carbocycles. The van der Waals surface area contributed by atoms with Gasteiger partial charge < -0.3 is 9.88 Å². The smallest absolute Gasteiger partial charge is 0.293 e. The summed E-state index contributed by atoms with van der Waals surface area (Å²) in [6.45, 7) is 8.61. The number of nitrogens with zero attached hydrogens (tertiary/aromatic N) is 2.